The molecule has 0 atom stereocenters. The minimum atomic E-state index is 0.646. The van der Waals surface area contributed by atoms with Gasteiger partial charge in [0.05, 0.1) is 5.56 Å². The van der Waals surface area contributed by atoms with Gasteiger partial charge < -0.3 is 5.73 Å². The topological polar surface area (TPSA) is 49.8 Å². The van der Waals surface area contributed by atoms with Crippen LogP contribution < -0.4 is 5.73 Å². The fourth-order valence-corrected chi connectivity index (χ4v) is 2.55. The minimum absolute atomic E-state index is 0.646. The van der Waals surface area contributed by atoms with Gasteiger partial charge in [-0.25, -0.2) is 0 Å². The fourth-order valence-electron chi connectivity index (χ4n) is 1.23. The quantitative estimate of drug-likeness (QED) is 0.514. The van der Waals surface area contributed by atoms with Gasteiger partial charge in [0.2, 0.25) is 0 Å². The highest BCUT2D eigenvalue weighted by molar-refractivity contribution is 7.80. The molecule has 0 unspecified atom stereocenters. The second-order valence-electron chi connectivity index (χ2n) is 2.68. The Morgan fingerprint density at radius 2 is 2.23 bits per heavy atom. The van der Waals surface area contributed by atoms with Crippen molar-refractivity contribution >= 4 is 39.7 Å². The lowest BCUT2D eigenvalue weighted by molar-refractivity contribution is 1.51. The first-order valence-electron chi connectivity index (χ1n) is 3.62. The molecule has 0 radical (unpaired) electrons. The van der Waals surface area contributed by atoms with Gasteiger partial charge in [-0.05, 0) is 12.1 Å². The minimum Gasteiger partial charge on any atom is -0.399 e. The smallest absolute Gasteiger partial charge is 0.101 e. The van der Waals surface area contributed by atoms with Gasteiger partial charge in [0.1, 0.15) is 6.07 Å². The largest absolute Gasteiger partial charge is 0.399 e. The van der Waals surface area contributed by atoms with Crippen molar-refractivity contribution in [2.24, 2.45) is 0 Å². The summed E-state index contributed by atoms with van der Waals surface area (Å²) in [5.41, 5.74) is 6.97. The molecule has 0 spiro atoms. The van der Waals surface area contributed by atoms with E-state index in [1.165, 1.54) is 11.3 Å². The first kappa shape index (κ1) is 8.42. The van der Waals surface area contributed by atoms with E-state index >= 15 is 0 Å². The SMILES string of the molecule is N#Cc1csc2c(S)cc(N)cc12. The predicted molar refractivity (Wildman–Crippen MR) is 58.2 cm³/mol. The molecule has 0 aliphatic carbocycles. The van der Waals surface area contributed by atoms with Crippen molar-refractivity contribution in [2.75, 3.05) is 5.73 Å². The standard InChI is InChI=1S/C9H6N2S2/c10-3-5-4-13-9-7(5)1-6(11)2-8(9)12/h1-2,4,12H,11H2. The maximum Gasteiger partial charge on any atom is 0.101 e. The van der Waals surface area contributed by atoms with E-state index in [9.17, 15) is 0 Å². The van der Waals surface area contributed by atoms with Crippen LogP contribution in [0.3, 0.4) is 0 Å². The van der Waals surface area contributed by atoms with Crippen LogP contribution in [0.15, 0.2) is 22.4 Å². The van der Waals surface area contributed by atoms with Crippen LogP contribution in [0.25, 0.3) is 10.1 Å². The summed E-state index contributed by atoms with van der Waals surface area (Å²) < 4.78 is 1.02. The summed E-state index contributed by atoms with van der Waals surface area (Å²) in [7, 11) is 0. The van der Waals surface area contributed by atoms with Gasteiger partial charge in [-0.2, -0.15) is 5.26 Å². The summed E-state index contributed by atoms with van der Waals surface area (Å²) >= 11 is 5.81. The van der Waals surface area contributed by atoms with Crippen molar-refractivity contribution in [2.45, 2.75) is 4.90 Å². The molecule has 64 valence electrons. The number of nitrogen functional groups attached to an aromatic ring is 1. The molecular formula is C9H6N2S2. The average Bonchev–Trinajstić information content (AvgIpc) is 2.47. The highest BCUT2D eigenvalue weighted by atomic mass is 32.1. The third-order valence-electron chi connectivity index (χ3n) is 1.80. The molecule has 2 rings (SSSR count). The molecule has 2 aromatic rings. The maximum absolute atomic E-state index is 8.80. The van der Waals surface area contributed by atoms with E-state index in [1.807, 2.05) is 11.4 Å². The number of hydrogen-bond acceptors (Lipinski definition) is 4. The van der Waals surface area contributed by atoms with Crippen molar-refractivity contribution in [3.8, 4) is 6.07 Å². The summed E-state index contributed by atoms with van der Waals surface area (Å²) in [6, 6.07) is 5.73. The van der Waals surface area contributed by atoms with E-state index in [2.05, 4.69) is 18.7 Å². The third kappa shape index (κ3) is 1.26. The number of nitrogens with zero attached hydrogens (tertiary/aromatic N) is 1. The zero-order valence-electron chi connectivity index (χ0n) is 6.61. The van der Waals surface area contributed by atoms with Gasteiger partial charge in [0, 0.05) is 26.0 Å². The van der Waals surface area contributed by atoms with E-state index in [0.29, 0.717) is 11.3 Å². The highest BCUT2D eigenvalue weighted by Crippen LogP contribution is 2.32. The molecule has 0 amide bonds. The Hall–Kier alpha value is -1.18. The highest BCUT2D eigenvalue weighted by Gasteiger charge is 2.06. The van der Waals surface area contributed by atoms with Crippen molar-refractivity contribution in [3.05, 3.63) is 23.1 Å². The zero-order chi connectivity index (χ0) is 9.42. The molecule has 2 N–H and O–H groups in total. The number of hydrogen-bond donors (Lipinski definition) is 2. The number of nitriles is 1. The second kappa shape index (κ2) is 2.95. The molecule has 1 aromatic heterocycles. The number of fused-ring (bicyclic) bond motifs is 1. The maximum atomic E-state index is 8.80. The Kier molecular flexibility index (Phi) is 1.91. The molecular weight excluding hydrogens is 200 g/mol. The Morgan fingerprint density at radius 3 is 2.92 bits per heavy atom. The lowest BCUT2D eigenvalue weighted by Crippen LogP contribution is -1.84. The van der Waals surface area contributed by atoms with E-state index in [4.69, 9.17) is 11.0 Å². The molecule has 0 bridgehead atoms. The number of benzene rings is 1. The second-order valence-corrected chi connectivity index (χ2v) is 4.04. The van der Waals surface area contributed by atoms with Crippen LogP contribution in [-0.2, 0) is 0 Å². The summed E-state index contributed by atoms with van der Waals surface area (Å²) in [5.74, 6) is 0. The lowest BCUT2D eigenvalue weighted by Gasteiger charge is -1.97. The zero-order valence-corrected chi connectivity index (χ0v) is 8.32. The molecule has 0 aliphatic rings. The van der Waals surface area contributed by atoms with Crippen LogP contribution in [0.4, 0.5) is 5.69 Å². The molecule has 0 saturated carbocycles. The molecule has 13 heavy (non-hydrogen) atoms. The van der Waals surface area contributed by atoms with Crippen molar-refractivity contribution in [1.82, 2.24) is 0 Å². The van der Waals surface area contributed by atoms with Gasteiger partial charge in [0.15, 0.2) is 0 Å². The van der Waals surface area contributed by atoms with Crippen LogP contribution in [0.2, 0.25) is 0 Å². The predicted octanol–water partition coefficient (Wildman–Crippen LogP) is 2.64. The van der Waals surface area contributed by atoms with E-state index < -0.39 is 0 Å². The third-order valence-corrected chi connectivity index (χ3v) is 3.33. The fraction of sp³-hybridized carbons (Fsp3) is 0. The molecule has 2 nitrogen and oxygen atoms in total. The number of anilines is 1. The summed E-state index contributed by atoms with van der Waals surface area (Å²) in [4.78, 5) is 0.835. The van der Waals surface area contributed by atoms with Gasteiger partial charge in [-0.15, -0.1) is 24.0 Å². The van der Waals surface area contributed by atoms with Crippen LogP contribution >= 0.6 is 24.0 Å². The van der Waals surface area contributed by atoms with Gasteiger partial charge in [0.25, 0.3) is 0 Å². The van der Waals surface area contributed by atoms with Crippen LogP contribution in [-0.4, -0.2) is 0 Å². The van der Waals surface area contributed by atoms with Gasteiger partial charge in [-0.1, -0.05) is 0 Å². The van der Waals surface area contributed by atoms with Crippen LogP contribution in [0.5, 0.6) is 0 Å². The normalized spacial score (nSPS) is 10.2. The summed E-state index contributed by atoms with van der Waals surface area (Å²) in [6.45, 7) is 0. The van der Waals surface area contributed by atoms with Crippen LogP contribution in [0.1, 0.15) is 5.56 Å². The lowest BCUT2D eigenvalue weighted by atomic mass is 10.2. The van der Waals surface area contributed by atoms with Crippen molar-refractivity contribution < 1.29 is 0 Å². The molecule has 4 heteroatoms. The van der Waals surface area contributed by atoms with E-state index in [1.54, 1.807) is 6.07 Å². The first-order chi connectivity index (χ1) is 6.22. The van der Waals surface area contributed by atoms with Crippen molar-refractivity contribution in [1.29, 1.82) is 5.26 Å². The van der Waals surface area contributed by atoms with Crippen LogP contribution in [0, 0.1) is 11.3 Å². The Morgan fingerprint density at radius 1 is 1.46 bits per heavy atom. The molecule has 1 heterocycles. The molecule has 0 aliphatic heterocycles. The van der Waals surface area contributed by atoms with Gasteiger partial charge in [-0.3, -0.25) is 0 Å². The molecule has 1 aromatic carbocycles. The monoisotopic (exact) mass is 206 g/mol. The molecule has 0 fully saturated rings. The number of rotatable bonds is 0. The van der Waals surface area contributed by atoms with Gasteiger partial charge >= 0.3 is 0 Å². The summed E-state index contributed by atoms with van der Waals surface area (Å²) in [5, 5.41) is 11.5. The number of thiophene rings is 1. The number of thiol groups is 1. The molecule has 0 saturated heterocycles. The Bertz CT molecular complexity index is 508. The average molecular weight is 206 g/mol. The first-order valence-corrected chi connectivity index (χ1v) is 4.95. The Labute approximate surface area is 85.0 Å². The van der Waals surface area contributed by atoms with E-state index in [-0.39, 0.29) is 0 Å². The number of nitrogens with two attached hydrogens (primary N) is 1. The van der Waals surface area contributed by atoms with Crippen molar-refractivity contribution in [3.63, 3.8) is 0 Å². The Balaban J connectivity index is 2.92. The summed E-state index contributed by atoms with van der Waals surface area (Å²) in [6.07, 6.45) is 0. The van der Waals surface area contributed by atoms with E-state index in [0.717, 1.165) is 15.0 Å².